The van der Waals surface area contributed by atoms with Crippen molar-refractivity contribution in [2.24, 2.45) is 22.9 Å². The van der Waals surface area contributed by atoms with Gasteiger partial charge in [-0.1, -0.05) is 0 Å². The van der Waals surface area contributed by atoms with E-state index in [-0.39, 0.29) is 25.7 Å². The van der Waals surface area contributed by atoms with Crippen LogP contribution in [0.2, 0.25) is 0 Å². The number of amides is 3. The first-order valence-electron chi connectivity index (χ1n) is 7.22. The maximum Gasteiger partial charge on any atom is 0.326 e. The van der Waals surface area contributed by atoms with Gasteiger partial charge in [0.2, 0.25) is 17.7 Å². The number of carboxylic acids is 2. The first kappa shape index (κ1) is 24.5. The third-order valence-electron chi connectivity index (χ3n) is 2.73. The molecule has 0 saturated carbocycles. The highest BCUT2D eigenvalue weighted by atomic mass is 16.4. The number of nitrogens with two attached hydrogens (primary N) is 4. The van der Waals surface area contributed by atoms with Crippen molar-refractivity contribution in [3.8, 4) is 0 Å². The molecule has 0 saturated heterocycles. The molecule has 12 nitrogen and oxygen atoms in total. The number of carbonyl (C=O) groups is 5. The van der Waals surface area contributed by atoms with Crippen molar-refractivity contribution in [1.29, 1.82) is 0 Å². The minimum absolute atomic E-state index is 0.0213. The van der Waals surface area contributed by atoms with E-state index in [4.69, 9.17) is 33.1 Å². The molecule has 0 unspecified atom stereocenters. The normalized spacial score (nSPS) is 13.4. The molecule has 0 spiro atoms. The molecule has 0 aliphatic heterocycles. The highest BCUT2D eigenvalue weighted by Crippen LogP contribution is 1.97. The Morgan fingerprint density at radius 1 is 0.880 bits per heavy atom. The molecule has 0 aromatic heterocycles. The summed E-state index contributed by atoms with van der Waals surface area (Å²) in [4.78, 5) is 52.3. The van der Waals surface area contributed by atoms with Crippen LogP contribution < -0.4 is 28.3 Å². The molecule has 0 aromatic carbocycles. The molecule has 0 aromatic rings. The number of aliphatic carboxylic acids is 2. The van der Waals surface area contributed by atoms with E-state index >= 15 is 0 Å². The largest absolute Gasteiger partial charge is 0.480 e. The van der Waals surface area contributed by atoms with E-state index in [0.717, 1.165) is 0 Å². The van der Waals surface area contributed by atoms with Crippen LogP contribution in [0.25, 0.3) is 0 Å². The molecule has 12 heteroatoms. The van der Waals surface area contributed by atoms with Gasteiger partial charge in [0.1, 0.15) is 12.1 Å². The molecule has 25 heavy (non-hydrogen) atoms. The standard InChI is InChI=1S/C8H15N3O4.C5H10N2O3/c1-4(9)7(13)11-5(8(14)15)2-3-6(10)12;6-3(5(9)10)1-2-4(7)8/h4-5H,2-3,9H2,1H3,(H2,10,12)(H,11,13)(H,14,15);3H,1-2,6H2,(H2,7,8)(H,9,10)/t4-,5-;3-/m00/s1. The van der Waals surface area contributed by atoms with E-state index in [2.05, 4.69) is 5.32 Å². The van der Waals surface area contributed by atoms with Crippen molar-refractivity contribution in [2.45, 2.75) is 50.7 Å². The summed E-state index contributed by atoms with van der Waals surface area (Å²) in [6.45, 7) is 1.43. The van der Waals surface area contributed by atoms with Crippen LogP contribution in [-0.2, 0) is 24.0 Å². The van der Waals surface area contributed by atoms with Gasteiger partial charge < -0.3 is 38.5 Å². The Kier molecular flexibility index (Phi) is 12.4. The van der Waals surface area contributed by atoms with Crippen molar-refractivity contribution in [3.63, 3.8) is 0 Å². The topological polar surface area (TPSA) is 242 Å². The Morgan fingerprint density at radius 3 is 1.64 bits per heavy atom. The quantitative estimate of drug-likeness (QED) is 0.206. The minimum atomic E-state index is -1.22. The first-order valence-corrected chi connectivity index (χ1v) is 7.22. The number of hydrogen-bond donors (Lipinski definition) is 7. The molecule has 3 atom stereocenters. The van der Waals surface area contributed by atoms with Gasteiger partial charge in [-0.15, -0.1) is 0 Å². The number of primary amides is 2. The molecule has 3 amide bonds. The van der Waals surface area contributed by atoms with Crippen LogP contribution in [0.4, 0.5) is 0 Å². The minimum Gasteiger partial charge on any atom is -0.480 e. The van der Waals surface area contributed by atoms with Crippen LogP contribution in [0.15, 0.2) is 0 Å². The summed E-state index contributed by atoms with van der Waals surface area (Å²) in [6, 6.07) is -2.90. The van der Waals surface area contributed by atoms with Gasteiger partial charge in [0.25, 0.3) is 0 Å². The van der Waals surface area contributed by atoms with Gasteiger partial charge in [-0.25, -0.2) is 4.79 Å². The van der Waals surface area contributed by atoms with Gasteiger partial charge in [-0.2, -0.15) is 0 Å². The number of carbonyl (C=O) groups excluding carboxylic acids is 3. The molecule has 11 N–H and O–H groups in total. The van der Waals surface area contributed by atoms with E-state index in [1.807, 2.05) is 0 Å². The third-order valence-corrected chi connectivity index (χ3v) is 2.73. The van der Waals surface area contributed by atoms with E-state index in [0.29, 0.717) is 0 Å². The monoisotopic (exact) mass is 363 g/mol. The van der Waals surface area contributed by atoms with Gasteiger partial charge in [0.15, 0.2) is 0 Å². The molecule has 144 valence electrons. The lowest BCUT2D eigenvalue weighted by atomic mass is 10.1. The van der Waals surface area contributed by atoms with E-state index in [1.165, 1.54) is 6.92 Å². The molecule has 0 aliphatic carbocycles. The highest BCUT2D eigenvalue weighted by Gasteiger charge is 2.21. The Labute approximate surface area is 143 Å². The lowest BCUT2D eigenvalue weighted by Crippen LogP contribution is -2.47. The predicted molar refractivity (Wildman–Crippen MR) is 85.7 cm³/mol. The van der Waals surface area contributed by atoms with Crippen LogP contribution >= 0.6 is 0 Å². The van der Waals surface area contributed by atoms with Crippen LogP contribution in [0, 0.1) is 0 Å². The Hall–Kier alpha value is -2.73. The predicted octanol–water partition coefficient (Wildman–Crippen LogP) is -3.17. The van der Waals surface area contributed by atoms with Crippen molar-refractivity contribution in [3.05, 3.63) is 0 Å². The van der Waals surface area contributed by atoms with E-state index < -0.39 is 47.8 Å². The Morgan fingerprint density at radius 2 is 1.32 bits per heavy atom. The fourth-order valence-electron chi connectivity index (χ4n) is 1.27. The van der Waals surface area contributed by atoms with E-state index in [1.54, 1.807) is 0 Å². The number of carboxylic acid groups (broad SMARTS) is 2. The first-order chi connectivity index (χ1) is 11.4. The Balaban J connectivity index is 0. The van der Waals surface area contributed by atoms with Crippen molar-refractivity contribution in [1.82, 2.24) is 5.32 Å². The Bertz CT molecular complexity index is 495. The summed E-state index contributed by atoms with van der Waals surface area (Å²) >= 11 is 0. The van der Waals surface area contributed by atoms with Gasteiger partial charge in [0, 0.05) is 12.8 Å². The zero-order valence-corrected chi connectivity index (χ0v) is 13.8. The van der Waals surface area contributed by atoms with Crippen molar-refractivity contribution in [2.75, 3.05) is 0 Å². The summed E-state index contributed by atoms with van der Waals surface area (Å²) in [7, 11) is 0. The van der Waals surface area contributed by atoms with Crippen molar-refractivity contribution >= 4 is 29.7 Å². The molecular formula is C13H25N5O7. The van der Waals surface area contributed by atoms with Gasteiger partial charge in [0.05, 0.1) is 6.04 Å². The third kappa shape index (κ3) is 14.6. The van der Waals surface area contributed by atoms with Crippen molar-refractivity contribution < 1.29 is 34.2 Å². The van der Waals surface area contributed by atoms with Crippen LogP contribution in [0.1, 0.15) is 32.6 Å². The maximum absolute atomic E-state index is 11.1. The number of rotatable bonds is 10. The SMILES string of the molecule is C[C@H](N)C(=O)N[C@@H](CCC(N)=O)C(=O)O.NC(=O)CC[C@H](N)C(=O)O. The molecule has 0 rings (SSSR count). The summed E-state index contributed by atoms with van der Waals surface area (Å²) in [5.74, 6) is -4.05. The maximum atomic E-state index is 11.1. The summed E-state index contributed by atoms with van der Waals surface area (Å²) in [6.07, 6.45) is -0.0164. The van der Waals surface area contributed by atoms with E-state index in [9.17, 15) is 24.0 Å². The van der Waals surface area contributed by atoms with Gasteiger partial charge in [-0.3, -0.25) is 19.2 Å². The summed E-state index contributed by atoms with van der Waals surface area (Å²) in [5, 5.41) is 19.1. The summed E-state index contributed by atoms with van der Waals surface area (Å²) < 4.78 is 0. The smallest absolute Gasteiger partial charge is 0.326 e. The van der Waals surface area contributed by atoms with Crippen LogP contribution in [0.5, 0.6) is 0 Å². The van der Waals surface area contributed by atoms with Crippen LogP contribution in [-0.4, -0.2) is 58.0 Å². The number of hydrogen-bond acceptors (Lipinski definition) is 7. The second-order valence-corrected chi connectivity index (χ2v) is 5.14. The van der Waals surface area contributed by atoms with Gasteiger partial charge >= 0.3 is 11.9 Å². The fraction of sp³-hybridized carbons (Fsp3) is 0.615. The van der Waals surface area contributed by atoms with Crippen LogP contribution in [0.3, 0.4) is 0 Å². The lowest BCUT2D eigenvalue weighted by molar-refractivity contribution is -0.142. The number of nitrogens with one attached hydrogen (secondary N) is 1. The fourth-order valence-corrected chi connectivity index (χ4v) is 1.27. The average molecular weight is 363 g/mol. The molecule has 0 bridgehead atoms. The summed E-state index contributed by atoms with van der Waals surface area (Å²) in [5.41, 5.74) is 19.9. The molecule has 0 fully saturated rings. The lowest BCUT2D eigenvalue weighted by Gasteiger charge is -2.14. The zero-order valence-electron chi connectivity index (χ0n) is 13.8. The molecule has 0 aliphatic rings. The zero-order chi connectivity index (χ0) is 20.2. The molecule has 0 heterocycles. The second kappa shape index (κ2) is 12.7. The highest BCUT2D eigenvalue weighted by molar-refractivity contribution is 5.86. The molecule has 0 radical (unpaired) electrons. The van der Waals surface area contributed by atoms with Gasteiger partial charge in [-0.05, 0) is 19.8 Å². The molecular weight excluding hydrogens is 338 g/mol. The second-order valence-electron chi connectivity index (χ2n) is 5.14. The average Bonchev–Trinajstić information content (AvgIpc) is 2.48.